The van der Waals surface area contributed by atoms with Gasteiger partial charge in [-0.15, -0.1) is 0 Å². The molecule has 10 nitrogen and oxygen atoms in total. The maximum absolute atomic E-state index is 13.0. The van der Waals surface area contributed by atoms with Gasteiger partial charge in [0.1, 0.15) is 12.1 Å². The Bertz CT molecular complexity index is 1270. The van der Waals surface area contributed by atoms with Gasteiger partial charge in [-0.25, -0.2) is 4.79 Å². The van der Waals surface area contributed by atoms with Gasteiger partial charge in [-0.1, -0.05) is 74.8 Å². The first-order chi connectivity index (χ1) is 21.6. The van der Waals surface area contributed by atoms with Crippen molar-refractivity contribution in [2.24, 2.45) is 11.8 Å². The molecule has 45 heavy (non-hydrogen) atoms. The topological polar surface area (TPSA) is 148 Å². The number of Topliss-reactive ketones (excluding diaryl/α,β-unsaturated/α-hetero) is 1. The van der Waals surface area contributed by atoms with Gasteiger partial charge in [-0.2, -0.15) is 0 Å². The van der Waals surface area contributed by atoms with E-state index >= 15 is 0 Å². The van der Waals surface area contributed by atoms with Gasteiger partial charge in [0.05, 0.1) is 24.3 Å². The van der Waals surface area contributed by atoms with E-state index in [1.165, 1.54) is 13.2 Å². The molecule has 3 N–H and O–H groups in total. The van der Waals surface area contributed by atoms with Crippen molar-refractivity contribution in [2.45, 2.75) is 96.0 Å². The lowest BCUT2D eigenvalue weighted by molar-refractivity contribution is -0.156. The summed E-state index contributed by atoms with van der Waals surface area (Å²) < 4.78 is 11.2. The average Bonchev–Trinajstić information content (AvgIpc) is 3.02. The van der Waals surface area contributed by atoms with Crippen molar-refractivity contribution in [3.8, 4) is 0 Å². The minimum atomic E-state index is -0.977. The van der Waals surface area contributed by atoms with E-state index in [1.807, 2.05) is 6.08 Å². The van der Waals surface area contributed by atoms with Crippen molar-refractivity contribution in [3.05, 3.63) is 72.0 Å². The van der Waals surface area contributed by atoms with E-state index in [-0.39, 0.29) is 35.9 Å². The van der Waals surface area contributed by atoms with Gasteiger partial charge in [0.25, 0.3) is 0 Å². The normalized spacial score (nSPS) is 29.5. The standard InChI is InChI=1S/C35H46N2O8/c1-23-30(39)18-13-12-16-26-20-27(38)21-29(33(26)41)37-32(40)22-28(44-3)17-10-5-4-6-11-19-31(23)45-35(43)24(2)36-34(42)25-14-8-7-9-15-25/h4-6,10-11,13,17-18,20-21,23-25,28,30-31,39H,7-9,12,14-16,19,22H2,1-3H3,(H,36,42)(H,37,40)/b5-4-,11-6-,17-10-,18-13-/t23-,24-,28+,30+,31+/m1/s1. The van der Waals surface area contributed by atoms with Crippen molar-refractivity contribution in [3.63, 3.8) is 0 Å². The van der Waals surface area contributed by atoms with Crippen molar-refractivity contribution >= 4 is 29.4 Å². The van der Waals surface area contributed by atoms with Crippen molar-refractivity contribution < 1.29 is 38.6 Å². The molecule has 0 spiro atoms. The number of hydrogen-bond donors (Lipinski definition) is 3. The summed E-state index contributed by atoms with van der Waals surface area (Å²) >= 11 is 0. The van der Waals surface area contributed by atoms with Crippen LogP contribution in [0.2, 0.25) is 0 Å². The Balaban J connectivity index is 1.75. The summed E-state index contributed by atoms with van der Waals surface area (Å²) in [6, 6.07) is -0.837. The third kappa shape index (κ3) is 11.5. The second-order valence-corrected chi connectivity index (χ2v) is 11.8. The first-order valence-electron chi connectivity index (χ1n) is 15.8. The van der Waals surface area contributed by atoms with E-state index in [4.69, 9.17) is 9.47 Å². The van der Waals surface area contributed by atoms with Gasteiger partial charge >= 0.3 is 5.97 Å². The molecule has 0 aromatic carbocycles. The van der Waals surface area contributed by atoms with Crippen LogP contribution in [0.5, 0.6) is 0 Å². The number of aliphatic hydroxyl groups excluding tert-OH is 1. The zero-order chi connectivity index (χ0) is 32.8. The van der Waals surface area contributed by atoms with Crippen LogP contribution in [0.3, 0.4) is 0 Å². The third-order valence-electron chi connectivity index (χ3n) is 8.26. The quantitative estimate of drug-likeness (QED) is 0.238. The van der Waals surface area contributed by atoms with Gasteiger partial charge < -0.3 is 25.2 Å². The summed E-state index contributed by atoms with van der Waals surface area (Å²) in [6.45, 7) is 3.38. The summed E-state index contributed by atoms with van der Waals surface area (Å²) in [5, 5.41) is 16.3. The molecule has 0 aromatic rings. The number of ether oxygens (including phenoxy) is 2. The number of fused-ring (bicyclic) bond motifs is 2. The van der Waals surface area contributed by atoms with Gasteiger partial charge in [0, 0.05) is 37.0 Å². The van der Waals surface area contributed by atoms with Crippen molar-refractivity contribution in [2.75, 3.05) is 7.11 Å². The number of rotatable bonds is 5. The van der Waals surface area contributed by atoms with E-state index in [0.29, 0.717) is 12.8 Å². The number of nitrogens with one attached hydrogen (secondary N) is 2. The minimum Gasteiger partial charge on any atom is -0.460 e. The molecule has 1 saturated carbocycles. The molecule has 3 aliphatic rings. The lowest BCUT2D eigenvalue weighted by atomic mass is 9.88. The van der Waals surface area contributed by atoms with Gasteiger partial charge in [0.2, 0.25) is 17.6 Å². The van der Waals surface area contributed by atoms with Crippen molar-refractivity contribution in [1.82, 2.24) is 10.6 Å². The summed E-state index contributed by atoms with van der Waals surface area (Å²) in [5.74, 6) is -2.60. The molecular weight excluding hydrogens is 576 g/mol. The maximum Gasteiger partial charge on any atom is 0.328 e. The van der Waals surface area contributed by atoms with Crippen LogP contribution in [0.15, 0.2) is 72.0 Å². The van der Waals surface area contributed by atoms with Gasteiger partial charge in [-0.3, -0.25) is 19.2 Å². The largest absolute Gasteiger partial charge is 0.460 e. The van der Waals surface area contributed by atoms with E-state index in [0.717, 1.165) is 38.2 Å². The first-order valence-corrected chi connectivity index (χ1v) is 15.8. The number of ketones is 2. The highest BCUT2D eigenvalue weighted by Crippen LogP contribution is 2.24. The second kappa shape index (κ2) is 18.2. The zero-order valence-corrected chi connectivity index (χ0v) is 26.4. The number of carbonyl (C=O) groups excluding carboxylic acids is 5. The van der Waals surface area contributed by atoms with E-state index in [9.17, 15) is 29.1 Å². The fourth-order valence-corrected chi connectivity index (χ4v) is 5.41. The minimum absolute atomic E-state index is 0.0559. The third-order valence-corrected chi connectivity index (χ3v) is 8.26. The summed E-state index contributed by atoms with van der Waals surface area (Å²) in [7, 11) is 1.47. The van der Waals surface area contributed by atoms with E-state index < -0.39 is 53.7 Å². The fourth-order valence-electron chi connectivity index (χ4n) is 5.41. The summed E-state index contributed by atoms with van der Waals surface area (Å²) in [5.41, 5.74) is 0.175. The molecule has 5 atom stereocenters. The number of methoxy groups -OCH3 is 1. The lowest BCUT2D eigenvalue weighted by Gasteiger charge is -2.28. The van der Waals surface area contributed by atoms with E-state index in [2.05, 4.69) is 10.6 Å². The number of hydrogen-bond acceptors (Lipinski definition) is 8. The van der Waals surface area contributed by atoms with Gasteiger partial charge in [-0.05, 0) is 38.7 Å². The molecule has 0 radical (unpaired) electrons. The number of esters is 1. The molecule has 2 bridgehead atoms. The van der Waals surface area contributed by atoms with Gasteiger partial charge in [0.15, 0.2) is 5.78 Å². The first kappa shape index (κ1) is 35.6. The maximum atomic E-state index is 13.0. The van der Waals surface area contributed by atoms with Crippen LogP contribution in [0.4, 0.5) is 0 Å². The highest BCUT2D eigenvalue weighted by Gasteiger charge is 2.30. The highest BCUT2D eigenvalue weighted by molar-refractivity contribution is 6.21. The van der Waals surface area contributed by atoms with E-state index in [1.54, 1.807) is 56.4 Å². The Morgan fingerprint density at radius 3 is 2.47 bits per heavy atom. The van der Waals surface area contributed by atoms with Crippen LogP contribution in [0, 0.1) is 11.8 Å². The molecule has 1 fully saturated rings. The Morgan fingerprint density at radius 2 is 1.73 bits per heavy atom. The zero-order valence-electron chi connectivity index (χ0n) is 26.4. The van der Waals surface area contributed by atoms with Crippen LogP contribution in [0.1, 0.15) is 71.6 Å². The summed E-state index contributed by atoms with van der Waals surface area (Å²) in [4.78, 5) is 63.5. The molecule has 2 amide bonds. The molecule has 244 valence electrons. The van der Waals surface area contributed by atoms with Crippen LogP contribution in [-0.2, 0) is 33.4 Å². The predicted molar refractivity (Wildman–Crippen MR) is 169 cm³/mol. The molecule has 0 unspecified atom stereocenters. The Kier molecular flexibility index (Phi) is 14.4. The lowest BCUT2D eigenvalue weighted by Crippen LogP contribution is -2.45. The molecule has 1 aliphatic heterocycles. The SMILES string of the molecule is CO[C@H]1\C=C/C=C\C=C/C[C@H](OC(=O)[C@@H](C)NC(=O)C2CCCCC2)[C@H](C)[C@@H](O)/C=C\CCC2=CC(=O)C=C(NC(=O)C1)C2=O. The Hall–Kier alpha value is -3.89. The molecule has 10 heteroatoms. The smallest absolute Gasteiger partial charge is 0.328 e. The summed E-state index contributed by atoms with van der Waals surface area (Å²) in [6.07, 6.45) is 19.6. The number of aliphatic hydroxyl groups is 1. The number of allylic oxidation sites excluding steroid dienone is 8. The molecular formula is C35H46N2O8. The monoisotopic (exact) mass is 622 g/mol. The fraction of sp³-hybridized carbons (Fsp3) is 0.514. The average molecular weight is 623 g/mol. The molecule has 0 aromatic heterocycles. The van der Waals surface area contributed by atoms with Crippen LogP contribution < -0.4 is 10.6 Å². The number of carbonyl (C=O) groups is 5. The van der Waals surface area contributed by atoms with Crippen LogP contribution >= 0.6 is 0 Å². The molecule has 2 aliphatic carbocycles. The highest BCUT2D eigenvalue weighted by atomic mass is 16.5. The Morgan fingerprint density at radius 1 is 1.00 bits per heavy atom. The second-order valence-electron chi connectivity index (χ2n) is 11.8. The molecule has 1 heterocycles. The van der Waals surface area contributed by atoms with Crippen LogP contribution in [-0.4, -0.2) is 65.9 Å². The van der Waals surface area contributed by atoms with Crippen LogP contribution in [0.25, 0.3) is 0 Å². The Labute approximate surface area is 265 Å². The number of amides is 2. The molecule has 0 saturated heterocycles. The predicted octanol–water partition coefficient (Wildman–Crippen LogP) is 3.87. The molecule has 3 rings (SSSR count). The van der Waals surface area contributed by atoms with Crippen molar-refractivity contribution in [1.29, 1.82) is 0 Å².